The first kappa shape index (κ1) is 17.4. The average molecular weight is 369 g/mol. The Kier molecular flexibility index (Phi) is 4.49. The van der Waals surface area contributed by atoms with Crippen LogP contribution in [0.5, 0.6) is 0 Å². The zero-order chi connectivity index (χ0) is 19.0. The van der Waals surface area contributed by atoms with Crippen molar-refractivity contribution in [3.8, 4) is 0 Å². The third-order valence-electron chi connectivity index (χ3n) is 4.82. The van der Waals surface area contributed by atoms with Crippen LogP contribution in [0.15, 0.2) is 42.7 Å². The fourth-order valence-corrected chi connectivity index (χ4v) is 3.30. The normalized spacial score (nSPS) is 14.9. The SMILES string of the molecule is Cn1ccnc1[C@@H](O)c1cc2n(n1)CCN(C(=O)Cc1ccc(F)cc1)C2. The zero-order valence-electron chi connectivity index (χ0n) is 14.9. The molecule has 4 rings (SSSR count). The van der Waals surface area contributed by atoms with Gasteiger partial charge in [0.2, 0.25) is 5.91 Å². The molecule has 3 aromatic rings. The molecule has 1 aliphatic heterocycles. The van der Waals surface area contributed by atoms with Crippen LogP contribution in [0.4, 0.5) is 4.39 Å². The number of aliphatic hydroxyl groups is 1. The van der Waals surface area contributed by atoms with Gasteiger partial charge < -0.3 is 14.6 Å². The Hall–Kier alpha value is -3.00. The number of hydrogen-bond donors (Lipinski definition) is 1. The van der Waals surface area contributed by atoms with Crippen molar-refractivity contribution < 1.29 is 14.3 Å². The van der Waals surface area contributed by atoms with Crippen molar-refractivity contribution in [1.82, 2.24) is 24.2 Å². The molecule has 0 saturated carbocycles. The maximum atomic E-state index is 13.0. The number of hydrogen-bond acceptors (Lipinski definition) is 4. The largest absolute Gasteiger partial charge is 0.379 e. The molecule has 1 aliphatic rings. The maximum absolute atomic E-state index is 13.0. The molecule has 1 atom stereocenters. The molecule has 0 fully saturated rings. The van der Waals surface area contributed by atoms with Crippen LogP contribution in [-0.4, -0.2) is 41.8 Å². The number of benzene rings is 1. The zero-order valence-corrected chi connectivity index (χ0v) is 14.9. The second kappa shape index (κ2) is 6.96. The summed E-state index contributed by atoms with van der Waals surface area (Å²) in [5.41, 5.74) is 2.18. The molecule has 0 radical (unpaired) electrons. The molecule has 0 saturated heterocycles. The molecule has 1 aromatic carbocycles. The first-order chi connectivity index (χ1) is 13.0. The summed E-state index contributed by atoms with van der Waals surface area (Å²) in [5, 5.41) is 15.0. The Labute approximate surface area is 155 Å². The second-order valence-electron chi connectivity index (χ2n) is 6.70. The Bertz CT molecular complexity index is 963. The summed E-state index contributed by atoms with van der Waals surface area (Å²) in [5.74, 6) is 0.196. The minimum atomic E-state index is -0.911. The van der Waals surface area contributed by atoms with E-state index in [4.69, 9.17) is 0 Å². The fourth-order valence-electron chi connectivity index (χ4n) is 3.30. The number of carbonyl (C=O) groups excluding carboxylic acids is 1. The highest BCUT2D eigenvalue weighted by atomic mass is 19.1. The topological polar surface area (TPSA) is 76.2 Å². The standard InChI is InChI=1S/C19H20FN5O2/c1-23-7-6-21-19(23)18(27)16-11-15-12-24(8-9-25(15)22-16)17(26)10-13-2-4-14(20)5-3-13/h2-7,11,18,27H,8-10,12H2,1H3/t18-/m0/s1. The fraction of sp³-hybridized carbons (Fsp3) is 0.316. The third-order valence-corrected chi connectivity index (χ3v) is 4.82. The van der Waals surface area contributed by atoms with Crippen LogP contribution in [0, 0.1) is 5.82 Å². The number of aromatic nitrogens is 4. The van der Waals surface area contributed by atoms with Gasteiger partial charge in [-0.3, -0.25) is 9.48 Å². The number of amides is 1. The van der Waals surface area contributed by atoms with Gasteiger partial charge >= 0.3 is 0 Å². The van der Waals surface area contributed by atoms with Gasteiger partial charge in [-0.1, -0.05) is 12.1 Å². The smallest absolute Gasteiger partial charge is 0.227 e. The van der Waals surface area contributed by atoms with Crippen molar-refractivity contribution in [1.29, 1.82) is 0 Å². The molecule has 1 amide bonds. The molecule has 8 heteroatoms. The van der Waals surface area contributed by atoms with E-state index in [1.165, 1.54) is 12.1 Å². The van der Waals surface area contributed by atoms with Gasteiger partial charge in [0.15, 0.2) is 6.10 Å². The monoisotopic (exact) mass is 369 g/mol. The molecule has 0 aliphatic carbocycles. The molecule has 0 spiro atoms. The quantitative estimate of drug-likeness (QED) is 0.755. The lowest BCUT2D eigenvalue weighted by Crippen LogP contribution is -2.39. The van der Waals surface area contributed by atoms with E-state index in [-0.39, 0.29) is 18.1 Å². The molecule has 27 heavy (non-hydrogen) atoms. The van der Waals surface area contributed by atoms with Crippen molar-refractivity contribution in [3.05, 3.63) is 71.3 Å². The molecule has 140 valence electrons. The maximum Gasteiger partial charge on any atom is 0.227 e. The third kappa shape index (κ3) is 3.48. The van der Waals surface area contributed by atoms with Crippen LogP contribution < -0.4 is 0 Å². The number of aliphatic hydroxyl groups excluding tert-OH is 1. The summed E-state index contributed by atoms with van der Waals surface area (Å²) in [6, 6.07) is 7.79. The van der Waals surface area contributed by atoms with Crippen LogP contribution in [0.3, 0.4) is 0 Å². The summed E-state index contributed by atoms with van der Waals surface area (Å²) in [6.45, 7) is 1.55. The van der Waals surface area contributed by atoms with Crippen molar-refractivity contribution in [2.24, 2.45) is 7.05 Å². The second-order valence-corrected chi connectivity index (χ2v) is 6.70. The highest BCUT2D eigenvalue weighted by molar-refractivity contribution is 5.78. The number of imidazole rings is 1. The number of nitrogens with zero attached hydrogens (tertiary/aromatic N) is 5. The molecular weight excluding hydrogens is 349 g/mol. The van der Waals surface area contributed by atoms with Gasteiger partial charge in [-0.25, -0.2) is 9.37 Å². The summed E-state index contributed by atoms with van der Waals surface area (Å²) in [7, 11) is 1.82. The van der Waals surface area contributed by atoms with Gasteiger partial charge in [0.05, 0.1) is 30.9 Å². The van der Waals surface area contributed by atoms with Crippen molar-refractivity contribution in [2.75, 3.05) is 6.54 Å². The van der Waals surface area contributed by atoms with Crippen molar-refractivity contribution in [3.63, 3.8) is 0 Å². The summed E-state index contributed by atoms with van der Waals surface area (Å²) in [4.78, 5) is 18.5. The van der Waals surface area contributed by atoms with Gasteiger partial charge in [-0.05, 0) is 23.8 Å². The van der Waals surface area contributed by atoms with E-state index in [1.807, 2.05) is 17.8 Å². The predicted molar refractivity (Wildman–Crippen MR) is 95.0 cm³/mol. The molecule has 0 bridgehead atoms. The minimum Gasteiger partial charge on any atom is -0.379 e. The van der Waals surface area contributed by atoms with Crippen molar-refractivity contribution >= 4 is 5.91 Å². The van der Waals surface area contributed by atoms with Gasteiger partial charge in [-0.15, -0.1) is 0 Å². The highest BCUT2D eigenvalue weighted by Crippen LogP contribution is 2.22. The number of aryl methyl sites for hydroxylation is 1. The van der Waals surface area contributed by atoms with E-state index >= 15 is 0 Å². The summed E-state index contributed by atoms with van der Waals surface area (Å²) >= 11 is 0. The first-order valence-corrected chi connectivity index (χ1v) is 8.75. The first-order valence-electron chi connectivity index (χ1n) is 8.75. The van der Waals surface area contributed by atoms with Crippen LogP contribution in [0.2, 0.25) is 0 Å². The molecule has 1 N–H and O–H groups in total. The van der Waals surface area contributed by atoms with Gasteiger partial charge in [0.1, 0.15) is 11.6 Å². The predicted octanol–water partition coefficient (Wildman–Crippen LogP) is 1.42. The van der Waals surface area contributed by atoms with E-state index in [0.717, 1.165) is 11.3 Å². The Morgan fingerprint density at radius 1 is 1.30 bits per heavy atom. The lowest BCUT2D eigenvalue weighted by atomic mass is 10.1. The van der Waals surface area contributed by atoms with Crippen LogP contribution in [-0.2, 0) is 31.4 Å². The van der Waals surface area contributed by atoms with Crippen LogP contribution in [0.25, 0.3) is 0 Å². The lowest BCUT2D eigenvalue weighted by molar-refractivity contribution is -0.132. The number of carbonyl (C=O) groups is 1. The van der Waals surface area contributed by atoms with Crippen molar-refractivity contribution in [2.45, 2.75) is 25.6 Å². The van der Waals surface area contributed by atoms with Crippen LogP contribution in [0.1, 0.15) is 28.9 Å². The molecular formula is C19H20FN5O2. The van der Waals surface area contributed by atoms with Crippen LogP contribution >= 0.6 is 0 Å². The van der Waals surface area contributed by atoms with E-state index in [2.05, 4.69) is 10.1 Å². The molecule has 2 aromatic heterocycles. The number of rotatable bonds is 4. The molecule has 3 heterocycles. The van der Waals surface area contributed by atoms with E-state index in [0.29, 0.717) is 31.2 Å². The molecule has 0 unspecified atom stereocenters. The highest BCUT2D eigenvalue weighted by Gasteiger charge is 2.25. The summed E-state index contributed by atoms with van der Waals surface area (Å²) in [6.07, 6.45) is 2.72. The van der Waals surface area contributed by atoms with Gasteiger partial charge in [-0.2, -0.15) is 5.10 Å². The Balaban J connectivity index is 1.47. The average Bonchev–Trinajstić information content (AvgIpc) is 3.28. The minimum absolute atomic E-state index is 0.0137. The number of halogens is 1. The Morgan fingerprint density at radius 3 is 2.78 bits per heavy atom. The lowest BCUT2D eigenvalue weighted by Gasteiger charge is -2.27. The van der Waals surface area contributed by atoms with E-state index < -0.39 is 6.10 Å². The number of fused-ring (bicyclic) bond motifs is 1. The molecule has 7 nitrogen and oxygen atoms in total. The summed E-state index contributed by atoms with van der Waals surface area (Å²) < 4.78 is 16.6. The van der Waals surface area contributed by atoms with E-state index in [9.17, 15) is 14.3 Å². The van der Waals surface area contributed by atoms with E-state index in [1.54, 1.807) is 34.0 Å². The van der Waals surface area contributed by atoms with Gasteiger partial charge in [0.25, 0.3) is 0 Å². The Morgan fingerprint density at radius 2 is 2.07 bits per heavy atom. The van der Waals surface area contributed by atoms with Gasteiger partial charge in [0, 0.05) is 26.0 Å².